The van der Waals surface area contributed by atoms with Crippen LogP contribution in [0.2, 0.25) is 0 Å². The Morgan fingerprint density at radius 1 is 1.13 bits per heavy atom. The van der Waals surface area contributed by atoms with Crippen molar-refractivity contribution in [2.24, 2.45) is 22.7 Å². The molecule has 1 N–H and O–H groups in total. The van der Waals surface area contributed by atoms with Crippen LogP contribution in [0.4, 0.5) is 0 Å². The van der Waals surface area contributed by atoms with Crippen LogP contribution >= 0.6 is 0 Å². The van der Waals surface area contributed by atoms with Crippen molar-refractivity contribution in [1.82, 2.24) is 4.72 Å². The standard InChI is InChI=1S/C23H31NO6S/c1-20-7-4-14(25)10-13(20)11-16(24-31(3,27)28)19-15-5-8-22(9-6-18(26)30-22)21(15,2)12-17-23(19,20)29-17/h10,15-17,19,24H,4-9,11-12H2,1-3H3/t15?,16?,17-,19?,20-,21-,22+,23?/m0/s1. The Balaban J connectivity index is 1.48. The minimum atomic E-state index is -3.44. The lowest BCUT2D eigenvalue weighted by molar-refractivity contribution is -0.164. The number of ketones is 1. The summed E-state index contributed by atoms with van der Waals surface area (Å²) in [4.78, 5) is 24.4. The molecule has 2 heterocycles. The van der Waals surface area contributed by atoms with E-state index in [0.717, 1.165) is 37.7 Å². The number of hydrogen-bond donors (Lipinski definition) is 1. The van der Waals surface area contributed by atoms with Crippen LogP contribution in [0.15, 0.2) is 11.6 Å². The third-order valence-electron chi connectivity index (χ3n) is 10.1. The van der Waals surface area contributed by atoms with Crippen LogP contribution in [0.3, 0.4) is 0 Å². The van der Waals surface area contributed by atoms with E-state index in [1.165, 1.54) is 6.26 Å². The highest BCUT2D eigenvalue weighted by atomic mass is 32.2. The topological polar surface area (TPSA) is 102 Å². The zero-order valence-electron chi connectivity index (χ0n) is 18.4. The van der Waals surface area contributed by atoms with Gasteiger partial charge < -0.3 is 9.47 Å². The SMILES string of the molecule is C[C@]12CCC(=O)C=C1CC(NS(C)(=O)=O)C1C3CC[C@@]4(CCC(=O)O4)[C@@]3(C)C[C@@H]3OC132. The highest BCUT2D eigenvalue weighted by Crippen LogP contribution is 2.77. The zero-order valence-corrected chi connectivity index (χ0v) is 19.2. The van der Waals surface area contributed by atoms with E-state index in [2.05, 4.69) is 18.6 Å². The summed E-state index contributed by atoms with van der Waals surface area (Å²) in [5.74, 6) is 0.205. The van der Waals surface area contributed by atoms with Crippen LogP contribution in [0, 0.1) is 22.7 Å². The average molecular weight is 450 g/mol. The maximum atomic E-state index is 12.4. The summed E-state index contributed by atoms with van der Waals surface area (Å²) in [5.41, 5.74) is -0.351. The van der Waals surface area contributed by atoms with Gasteiger partial charge in [-0.15, -0.1) is 0 Å². The number of nitrogens with one attached hydrogen (secondary N) is 1. The molecule has 6 rings (SSSR count). The normalized spacial score (nSPS) is 52.7. The van der Waals surface area contributed by atoms with E-state index in [9.17, 15) is 18.0 Å². The molecule has 0 aromatic carbocycles. The number of carbonyl (C=O) groups is 2. The Labute approximate surface area is 183 Å². The van der Waals surface area contributed by atoms with Gasteiger partial charge >= 0.3 is 5.97 Å². The van der Waals surface area contributed by atoms with E-state index in [1.807, 2.05) is 0 Å². The average Bonchev–Trinajstić information content (AvgIpc) is 3.14. The van der Waals surface area contributed by atoms with Crippen molar-refractivity contribution < 1.29 is 27.5 Å². The first kappa shape index (κ1) is 20.4. The van der Waals surface area contributed by atoms with Gasteiger partial charge in [0.05, 0.1) is 12.4 Å². The van der Waals surface area contributed by atoms with Crippen molar-refractivity contribution in [3.05, 3.63) is 11.6 Å². The molecule has 2 spiro atoms. The number of ether oxygens (including phenoxy) is 2. The van der Waals surface area contributed by atoms with Gasteiger partial charge in [-0.3, -0.25) is 9.59 Å². The van der Waals surface area contributed by atoms with Crippen LogP contribution in [-0.2, 0) is 29.1 Å². The minimum Gasteiger partial charge on any atom is -0.458 e. The number of fused-ring (bicyclic) bond motifs is 4. The Hall–Kier alpha value is -1.25. The minimum absolute atomic E-state index is 0.00000378. The van der Waals surface area contributed by atoms with Gasteiger partial charge in [-0.25, -0.2) is 13.1 Å². The summed E-state index contributed by atoms with van der Waals surface area (Å²) >= 11 is 0. The van der Waals surface area contributed by atoms with Crippen molar-refractivity contribution in [2.45, 2.75) is 88.6 Å². The molecule has 170 valence electrons. The third-order valence-corrected chi connectivity index (χ3v) is 10.8. The van der Waals surface area contributed by atoms with Crippen LogP contribution in [0.5, 0.6) is 0 Å². The molecule has 4 unspecified atom stereocenters. The van der Waals surface area contributed by atoms with Crippen LogP contribution in [0.25, 0.3) is 0 Å². The molecule has 2 saturated heterocycles. The van der Waals surface area contributed by atoms with E-state index in [-0.39, 0.29) is 46.6 Å². The van der Waals surface area contributed by atoms with Gasteiger partial charge in [0.25, 0.3) is 0 Å². The first-order valence-corrected chi connectivity index (χ1v) is 13.4. The summed E-state index contributed by atoms with van der Waals surface area (Å²) in [6.07, 6.45) is 8.53. The maximum Gasteiger partial charge on any atom is 0.306 e. The van der Waals surface area contributed by atoms with Crippen molar-refractivity contribution in [1.29, 1.82) is 0 Å². The highest BCUT2D eigenvalue weighted by Gasteiger charge is 2.83. The Bertz CT molecular complexity index is 1040. The van der Waals surface area contributed by atoms with E-state index in [0.29, 0.717) is 19.3 Å². The van der Waals surface area contributed by atoms with E-state index >= 15 is 0 Å². The molecule has 3 saturated carbocycles. The second-order valence-corrected chi connectivity index (χ2v) is 13.1. The lowest BCUT2D eigenvalue weighted by atomic mass is 9.45. The molecule has 2 aliphatic heterocycles. The van der Waals surface area contributed by atoms with Crippen molar-refractivity contribution in [3.8, 4) is 0 Å². The largest absolute Gasteiger partial charge is 0.458 e. The summed E-state index contributed by atoms with van der Waals surface area (Å²) in [7, 11) is -3.44. The first-order chi connectivity index (χ1) is 14.4. The Kier molecular flexibility index (Phi) is 3.81. The molecule has 5 fully saturated rings. The number of esters is 1. The maximum absolute atomic E-state index is 12.4. The molecule has 8 heteroatoms. The molecular formula is C23H31NO6S. The van der Waals surface area contributed by atoms with Crippen molar-refractivity contribution in [3.63, 3.8) is 0 Å². The van der Waals surface area contributed by atoms with Gasteiger partial charge in [0.15, 0.2) is 5.78 Å². The molecule has 31 heavy (non-hydrogen) atoms. The fourth-order valence-corrected chi connectivity index (χ4v) is 9.47. The van der Waals surface area contributed by atoms with Crippen LogP contribution in [0.1, 0.15) is 65.2 Å². The number of hydrogen-bond acceptors (Lipinski definition) is 6. The van der Waals surface area contributed by atoms with Gasteiger partial charge in [-0.1, -0.05) is 19.4 Å². The fourth-order valence-electron chi connectivity index (χ4n) is 8.69. The predicted octanol–water partition coefficient (Wildman–Crippen LogP) is 2.25. The third kappa shape index (κ3) is 2.39. The smallest absolute Gasteiger partial charge is 0.306 e. The van der Waals surface area contributed by atoms with Crippen molar-refractivity contribution in [2.75, 3.05) is 6.26 Å². The van der Waals surface area contributed by atoms with Gasteiger partial charge in [0, 0.05) is 35.6 Å². The molecule has 8 atom stereocenters. The van der Waals surface area contributed by atoms with Gasteiger partial charge in [-0.05, 0) is 50.5 Å². The monoisotopic (exact) mass is 449 g/mol. The zero-order chi connectivity index (χ0) is 22.0. The van der Waals surface area contributed by atoms with E-state index in [1.54, 1.807) is 6.08 Å². The Morgan fingerprint density at radius 2 is 1.90 bits per heavy atom. The molecule has 4 aliphatic carbocycles. The van der Waals surface area contributed by atoms with Crippen LogP contribution in [-0.4, -0.2) is 49.8 Å². The second-order valence-electron chi connectivity index (χ2n) is 11.3. The van der Waals surface area contributed by atoms with E-state index < -0.39 is 21.2 Å². The molecular weight excluding hydrogens is 418 g/mol. The lowest BCUT2D eigenvalue weighted by Gasteiger charge is -2.59. The number of epoxide rings is 1. The highest BCUT2D eigenvalue weighted by molar-refractivity contribution is 7.88. The first-order valence-electron chi connectivity index (χ1n) is 11.6. The summed E-state index contributed by atoms with van der Waals surface area (Å²) in [6.45, 7) is 4.46. The molecule has 6 aliphatic rings. The molecule has 0 aromatic heterocycles. The second kappa shape index (κ2) is 5.81. The van der Waals surface area contributed by atoms with Gasteiger partial charge in [-0.2, -0.15) is 0 Å². The summed E-state index contributed by atoms with van der Waals surface area (Å²) in [6, 6.07) is -0.317. The summed E-state index contributed by atoms with van der Waals surface area (Å²) < 4.78 is 40.3. The molecule has 0 amide bonds. The van der Waals surface area contributed by atoms with Crippen molar-refractivity contribution >= 4 is 21.8 Å². The number of rotatable bonds is 2. The molecule has 0 aromatic rings. The number of carbonyl (C=O) groups excluding carboxylic acids is 2. The fraction of sp³-hybridized carbons (Fsp3) is 0.826. The molecule has 0 radical (unpaired) electrons. The quantitative estimate of drug-likeness (QED) is 0.512. The Morgan fingerprint density at radius 3 is 2.58 bits per heavy atom. The lowest BCUT2D eigenvalue weighted by Crippen LogP contribution is -2.66. The molecule has 7 nitrogen and oxygen atoms in total. The van der Waals surface area contributed by atoms with Gasteiger partial charge in [0.2, 0.25) is 10.0 Å². The molecule has 0 bridgehead atoms. The van der Waals surface area contributed by atoms with E-state index in [4.69, 9.17) is 9.47 Å². The number of sulfonamides is 1. The van der Waals surface area contributed by atoms with Gasteiger partial charge in [0.1, 0.15) is 11.2 Å². The van der Waals surface area contributed by atoms with Crippen LogP contribution < -0.4 is 4.72 Å². The summed E-state index contributed by atoms with van der Waals surface area (Å²) in [5, 5.41) is 0. The predicted molar refractivity (Wildman–Crippen MR) is 111 cm³/mol.